The summed E-state index contributed by atoms with van der Waals surface area (Å²) in [6.07, 6.45) is 4.21. The highest BCUT2D eigenvalue weighted by atomic mass is 79.9. The normalized spacial score (nSPS) is 24.1. The van der Waals surface area contributed by atoms with Crippen LogP contribution in [0.1, 0.15) is 19.8 Å². The van der Waals surface area contributed by atoms with E-state index in [-0.39, 0.29) is 0 Å². The standard InChI is InChI=1S/C13H18BrN5/c1-9-4-6-18(10(7-9)8-15)13-16-12-11(14)3-2-5-19(12)17-13/h2-3,5,9-10H,4,6-8,15H2,1H3. The van der Waals surface area contributed by atoms with Crippen LogP contribution in [0.25, 0.3) is 5.65 Å². The average molecular weight is 324 g/mol. The van der Waals surface area contributed by atoms with E-state index in [0.29, 0.717) is 12.6 Å². The fourth-order valence-electron chi connectivity index (χ4n) is 2.72. The molecule has 0 aliphatic carbocycles. The van der Waals surface area contributed by atoms with Crippen molar-refractivity contribution in [3.05, 3.63) is 22.8 Å². The number of aromatic nitrogens is 3. The first kappa shape index (κ1) is 12.9. The molecule has 0 bridgehead atoms. The van der Waals surface area contributed by atoms with Crippen LogP contribution in [0.2, 0.25) is 0 Å². The molecule has 1 fully saturated rings. The number of halogens is 1. The van der Waals surface area contributed by atoms with Gasteiger partial charge in [0.05, 0.1) is 4.47 Å². The Morgan fingerprint density at radius 3 is 3.11 bits per heavy atom. The summed E-state index contributed by atoms with van der Waals surface area (Å²) in [5.41, 5.74) is 6.76. The van der Waals surface area contributed by atoms with Crippen molar-refractivity contribution in [2.75, 3.05) is 18.0 Å². The molecule has 0 radical (unpaired) electrons. The Kier molecular flexibility index (Phi) is 3.45. The van der Waals surface area contributed by atoms with Crippen molar-refractivity contribution < 1.29 is 0 Å². The fraction of sp³-hybridized carbons (Fsp3) is 0.538. The van der Waals surface area contributed by atoms with E-state index in [2.05, 4.69) is 37.8 Å². The van der Waals surface area contributed by atoms with Crippen LogP contribution in [0.4, 0.5) is 5.95 Å². The third kappa shape index (κ3) is 2.34. The van der Waals surface area contributed by atoms with Gasteiger partial charge in [0.2, 0.25) is 5.95 Å². The summed E-state index contributed by atoms with van der Waals surface area (Å²) in [5, 5.41) is 4.57. The summed E-state index contributed by atoms with van der Waals surface area (Å²) in [6.45, 7) is 3.92. The molecule has 3 heterocycles. The van der Waals surface area contributed by atoms with Crippen LogP contribution in [-0.2, 0) is 0 Å². The topological polar surface area (TPSA) is 59.5 Å². The minimum atomic E-state index is 0.347. The van der Waals surface area contributed by atoms with Crippen LogP contribution in [0.3, 0.4) is 0 Å². The van der Waals surface area contributed by atoms with E-state index in [1.54, 1.807) is 0 Å². The van der Waals surface area contributed by atoms with E-state index in [1.807, 2.05) is 22.8 Å². The summed E-state index contributed by atoms with van der Waals surface area (Å²) in [7, 11) is 0. The van der Waals surface area contributed by atoms with Gasteiger partial charge in [-0.15, -0.1) is 5.10 Å². The van der Waals surface area contributed by atoms with Gasteiger partial charge in [0, 0.05) is 25.3 Å². The van der Waals surface area contributed by atoms with Crippen LogP contribution in [0, 0.1) is 5.92 Å². The van der Waals surface area contributed by atoms with Crippen molar-refractivity contribution in [1.29, 1.82) is 0 Å². The SMILES string of the molecule is CC1CCN(c2nc3c(Br)cccn3n2)C(CN)C1. The minimum Gasteiger partial charge on any atom is -0.335 e. The average Bonchev–Trinajstić information content (AvgIpc) is 2.83. The first-order chi connectivity index (χ1) is 9.19. The first-order valence-electron chi connectivity index (χ1n) is 6.66. The maximum Gasteiger partial charge on any atom is 0.246 e. The van der Waals surface area contributed by atoms with E-state index >= 15 is 0 Å². The molecule has 3 rings (SSSR count). The lowest BCUT2D eigenvalue weighted by atomic mass is 9.93. The van der Waals surface area contributed by atoms with E-state index in [4.69, 9.17) is 5.73 Å². The molecule has 19 heavy (non-hydrogen) atoms. The van der Waals surface area contributed by atoms with Crippen molar-refractivity contribution >= 4 is 27.5 Å². The zero-order chi connectivity index (χ0) is 13.4. The predicted molar refractivity (Wildman–Crippen MR) is 79.3 cm³/mol. The van der Waals surface area contributed by atoms with E-state index in [9.17, 15) is 0 Å². The van der Waals surface area contributed by atoms with Gasteiger partial charge < -0.3 is 10.6 Å². The number of piperidine rings is 1. The van der Waals surface area contributed by atoms with E-state index in [1.165, 1.54) is 6.42 Å². The van der Waals surface area contributed by atoms with Gasteiger partial charge in [0.1, 0.15) is 0 Å². The maximum absolute atomic E-state index is 5.90. The monoisotopic (exact) mass is 323 g/mol. The molecular formula is C13H18BrN5. The van der Waals surface area contributed by atoms with Crippen molar-refractivity contribution in [2.24, 2.45) is 11.7 Å². The third-order valence-corrected chi connectivity index (χ3v) is 4.43. The Morgan fingerprint density at radius 2 is 2.37 bits per heavy atom. The maximum atomic E-state index is 5.90. The highest BCUT2D eigenvalue weighted by Gasteiger charge is 2.28. The number of anilines is 1. The number of rotatable bonds is 2. The van der Waals surface area contributed by atoms with Crippen LogP contribution in [0.5, 0.6) is 0 Å². The van der Waals surface area contributed by atoms with Gasteiger partial charge in [0.25, 0.3) is 0 Å². The lowest BCUT2D eigenvalue weighted by Crippen LogP contribution is -2.46. The van der Waals surface area contributed by atoms with Crippen molar-refractivity contribution in [2.45, 2.75) is 25.8 Å². The van der Waals surface area contributed by atoms with E-state index in [0.717, 1.165) is 35.0 Å². The molecule has 2 aromatic heterocycles. The van der Waals surface area contributed by atoms with Crippen LogP contribution in [0.15, 0.2) is 22.8 Å². The Hall–Kier alpha value is -1.14. The van der Waals surface area contributed by atoms with Crippen LogP contribution in [-0.4, -0.2) is 33.7 Å². The third-order valence-electron chi connectivity index (χ3n) is 3.81. The van der Waals surface area contributed by atoms with Gasteiger partial charge in [-0.1, -0.05) is 6.92 Å². The van der Waals surface area contributed by atoms with Gasteiger partial charge in [-0.3, -0.25) is 0 Å². The van der Waals surface area contributed by atoms with Gasteiger partial charge >= 0.3 is 0 Å². The number of pyridine rings is 1. The quantitative estimate of drug-likeness (QED) is 0.919. The number of nitrogens with two attached hydrogens (primary N) is 1. The minimum absolute atomic E-state index is 0.347. The van der Waals surface area contributed by atoms with Crippen molar-refractivity contribution in [3.8, 4) is 0 Å². The molecule has 6 heteroatoms. The number of fused-ring (bicyclic) bond motifs is 1. The second kappa shape index (κ2) is 5.09. The highest BCUT2D eigenvalue weighted by Crippen LogP contribution is 2.26. The Morgan fingerprint density at radius 1 is 1.53 bits per heavy atom. The molecule has 2 N–H and O–H groups in total. The molecule has 2 unspecified atom stereocenters. The second-order valence-electron chi connectivity index (χ2n) is 5.25. The lowest BCUT2D eigenvalue weighted by Gasteiger charge is -2.37. The van der Waals surface area contributed by atoms with Crippen molar-refractivity contribution in [1.82, 2.24) is 14.6 Å². The molecule has 0 spiro atoms. The second-order valence-corrected chi connectivity index (χ2v) is 6.10. The molecule has 0 saturated carbocycles. The van der Waals surface area contributed by atoms with Gasteiger partial charge in [-0.2, -0.15) is 4.98 Å². The Labute approximate surface area is 120 Å². The molecule has 1 aliphatic heterocycles. The molecule has 0 amide bonds. The molecule has 1 saturated heterocycles. The molecule has 2 aromatic rings. The summed E-state index contributed by atoms with van der Waals surface area (Å²) in [4.78, 5) is 6.88. The molecule has 2 atom stereocenters. The first-order valence-corrected chi connectivity index (χ1v) is 7.46. The van der Waals surface area contributed by atoms with Gasteiger partial charge in [0.15, 0.2) is 5.65 Å². The zero-order valence-electron chi connectivity index (χ0n) is 11.0. The zero-order valence-corrected chi connectivity index (χ0v) is 12.5. The lowest BCUT2D eigenvalue weighted by molar-refractivity contribution is 0.363. The summed E-state index contributed by atoms with van der Waals surface area (Å²) < 4.78 is 2.77. The summed E-state index contributed by atoms with van der Waals surface area (Å²) in [5.74, 6) is 1.52. The number of hydrogen-bond acceptors (Lipinski definition) is 4. The highest BCUT2D eigenvalue weighted by molar-refractivity contribution is 9.10. The summed E-state index contributed by atoms with van der Waals surface area (Å²) in [6, 6.07) is 4.28. The van der Waals surface area contributed by atoms with Gasteiger partial charge in [-0.25, -0.2) is 4.52 Å². The Bertz CT molecular complexity index is 581. The predicted octanol–water partition coefficient (Wildman–Crippen LogP) is 2.06. The Balaban J connectivity index is 1.97. The molecule has 102 valence electrons. The molecular weight excluding hydrogens is 306 g/mol. The summed E-state index contributed by atoms with van der Waals surface area (Å²) >= 11 is 3.51. The molecule has 0 aromatic carbocycles. The number of nitrogens with zero attached hydrogens (tertiary/aromatic N) is 4. The molecule has 5 nitrogen and oxygen atoms in total. The van der Waals surface area contributed by atoms with Crippen LogP contribution < -0.4 is 10.6 Å². The van der Waals surface area contributed by atoms with Crippen LogP contribution >= 0.6 is 15.9 Å². The smallest absolute Gasteiger partial charge is 0.246 e. The van der Waals surface area contributed by atoms with Gasteiger partial charge in [-0.05, 0) is 46.8 Å². The fourth-order valence-corrected chi connectivity index (χ4v) is 3.15. The largest absolute Gasteiger partial charge is 0.335 e. The van der Waals surface area contributed by atoms with Crippen molar-refractivity contribution in [3.63, 3.8) is 0 Å². The molecule has 1 aliphatic rings. The number of hydrogen-bond donors (Lipinski definition) is 1. The van der Waals surface area contributed by atoms with E-state index < -0.39 is 0 Å².